The highest BCUT2D eigenvalue weighted by atomic mass is 19.4. The first-order valence-electron chi connectivity index (χ1n) is 8.36. The number of aliphatic hydroxyl groups is 1. The third-order valence-corrected chi connectivity index (χ3v) is 4.23. The van der Waals surface area contributed by atoms with Crippen molar-refractivity contribution in [3.05, 3.63) is 35.9 Å². The molecular weight excluding hydrogens is 335 g/mol. The van der Waals surface area contributed by atoms with Gasteiger partial charge in [-0.05, 0) is 37.4 Å². The van der Waals surface area contributed by atoms with Crippen LogP contribution in [0.4, 0.5) is 13.2 Å². The minimum Gasteiger partial charge on any atom is -0.467 e. The number of hydrogen-bond donors (Lipinski definition) is 1. The second kappa shape index (κ2) is 10.4. The van der Waals surface area contributed by atoms with Crippen molar-refractivity contribution < 1.29 is 27.8 Å². The number of esters is 1. The maximum atomic E-state index is 12.0. The summed E-state index contributed by atoms with van der Waals surface area (Å²) in [6, 6.07) is 8.65. The van der Waals surface area contributed by atoms with Crippen LogP contribution in [0.3, 0.4) is 0 Å². The van der Waals surface area contributed by atoms with E-state index < -0.39 is 24.8 Å². The highest BCUT2D eigenvalue weighted by Crippen LogP contribution is 2.23. The van der Waals surface area contributed by atoms with Crippen LogP contribution in [-0.2, 0) is 9.53 Å². The Balaban J connectivity index is 0.000000251. The van der Waals surface area contributed by atoms with E-state index in [0.29, 0.717) is 24.6 Å². The van der Waals surface area contributed by atoms with Crippen molar-refractivity contribution in [3.8, 4) is 0 Å². The zero-order chi connectivity index (χ0) is 18.9. The minimum atomic E-state index is -4.03. The van der Waals surface area contributed by atoms with E-state index in [9.17, 15) is 23.1 Å². The standard InChI is InChI=1S/C9H16F3N.C9H10O3/c1-2-8-3-5-13(6-4-8)7-9(10,11)12;1-12-9(11)8(10)7-5-3-2-4-6-7/h8H,2-7H2,1H3;2-6,8,10H,1H3/t;8-/m.1/s1. The minimum absolute atomic E-state index is 0.546. The molecule has 1 fully saturated rings. The van der Waals surface area contributed by atoms with Gasteiger partial charge in [0.2, 0.25) is 0 Å². The predicted molar refractivity (Wildman–Crippen MR) is 88.9 cm³/mol. The Bertz CT molecular complexity index is 500. The molecule has 1 heterocycles. The number of nitrogens with zero attached hydrogens (tertiary/aromatic N) is 1. The highest BCUT2D eigenvalue weighted by Gasteiger charge is 2.32. The van der Waals surface area contributed by atoms with Crippen LogP contribution in [0.2, 0.25) is 0 Å². The molecule has 4 nitrogen and oxygen atoms in total. The lowest BCUT2D eigenvalue weighted by Gasteiger charge is -2.31. The van der Waals surface area contributed by atoms with Crippen LogP contribution >= 0.6 is 0 Å². The van der Waals surface area contributed by atoms with Gasteiger partial charge in [-0.2, -0.15) is 13.2 Å². The number of rotatable bonds is 4. The number of methoxy groups -OCH3 is 1. The number of hydrogen-bond acceptors (Lipinski definition) is 4. The lowest BCUT2D eigenvalue weighted by molar-refractivity contribution is -0.151. The number of aliphatic hydroxyl groups excluding tert-OH is 1. The van der Waals surface area contributed by atoms with Gasteiger partial charge < -0.3 is 9.84 Å². The van der Waals surface area contributed by atoms with E-state index in [4.69, 9.17) is 0 Å². The third-order valence-electron chi connectivity index (χ3n) is 4.23. The Hall–Kier alpha value is -1.60. The van der Waals surface area contributed by atoms with E-state index in [-0.39, 0.29) is 0 Å². The molecule has 0 aliphatic carbocycles. The molecule has 0 saturated carbocycles. The number of halogens is 3. The molecule has 1 aromatic carbocycles. The molecule has 2 rings (SSSR count). The van der Waals surface area contributed by atoms with Gasteiger partial charge in [0.15, 0.2) is 6.10 Å². The first-order valence-corrected chi connectivity index (χ1v) is 8.36. The molecule has 1 saturated heterocycles. The second-order valence-electron chi connectivity index (χ2n) is 6.08. The first kappa shape index (κ1) is 21.4. The van der Waals surface area contributed by atoms with E-state index >= 15 is 0 Å². The molecule has 0 spiro atoms. The number of carbonyl (C=O) groups excluding carboxylic acids is 1. The van der Waals surface area contributed by atoms with Gasteiger partial charge >= 0.3 is 12.1 Å². The second-order valence-corrected chi connectivity index (χ2v) is 6.08. The fourth-order valence-electron chi connectivity index (χ4n) is 2.69. The molecule has 7 heteroatoms. The molecular formula is C18H26F3NO3. The zero-order valence-electron chi connectivity index (χ0n) is 14.6. The van der Waals surface area contributed by atoms with Crippen molar-refractivity contribution in [2.75, 3.05) is 26.7 Å². The lowest BCUT2D eigenvalue weighted by atomic mass is 9.94. The fraction of sp³-hybridized carbons (Fsp3) is 0.611. The van der Waals surface area contributed by atoms with Crippen LogP contribution in [0.15, 0.2) is 30.3 Å². The Kier molecular flexibility index (Phi) is 8.92. The number of ether oxygens (including phenoxy) is 1. The summed E-state index contributed by atoms with van der Waals surface area (Å²) in [6.45, 7) is 2.59. The predicted octanol–water partition coefficient (Wildman–Crippen LogP) is 3.56. The van der Waals surface area contributed by atoms with Crippen LogP contribution in [0.25, 0.3) is 0 Å². The SMILES string of the molecule is CCC1CCN(CC(F)(F)F)CC1.COC(=O)[C@H](O)c1ccccc1. The lowest BCUT2D eigenvalue weighted by Crippen LogP contribution is -2.39. The van der Waals surface area contributed by atoms with Crippen molar-refractivity contribution in [2.45, 2.75) is 38.5 Å². The number of alkyl halides is 3. The molecule has 0 aromatic heterocycles. The normalized spacial score (nSPS) is 17.4. The Morgan fingerprint density at radius 1 is 1.28 bits per heavy atom. The number of piperidine rings is 1. The maximum Gasteiger partial charge on any atom is 0.401 e. The van der Waals surface area contributed by atoms with E-state index in [2.05, 4.69) is 11.7 Å². The molecule has 1 N–H and O–H groups in total. The summed E-state index contributed by atoms with van der Waals surface area (Å²) in [4.78, 5) is 12.3. The summed E-state index contributed by atoms with van der Waals surface area (Å²) in [5.41, 5.74) is 0.546. The average Bonchev–Trinajstić information content (AvgIpc) is 2.61. The molecule has 1 aliphatic rings. The van der Waals surface area contributed by atoms with E-state index in [1.165, 1.54) is 12.0 Å². The summed E-state index contributed by atoms with van der Waals surface area (Å²) in [5.74, 6) is 0.00526. The summed E-state index contributed by atoms with van der Waals surface area (Å²) >= 11 is 0. The Morgan fingerprint density at radius 2 is 1.84 bits per heavy atom. The smallest absolute Gasteiger partial charge is 0.401 e. The molecule has 0 unspecified atom stereocenters. The molecule has 0 radical (unpaired) electrons. The summed E-state index contributed by atoms with van der Waals surface area (Å²) in [5, 5.41) is 9.31. The average molecular weight is 361 g/mol. The molecule has 0 bridgehead atoms. The van der Waals surface area contributed by atoms with Crippen molar-refractivity contribution >= 4 is 5.97 Å². The van der Waals surface area contributed by atoms with Gasteiger partial charge in [0, 0.05) is 0 Å². The van der Waals surface area contributed by atoms with Crippen molar-refractivity contribution in [3.63, 3.8) is 0 Å². The molecule has 142 valence electrons. The van der Waals surface area contributed by atoms with Gasteiger partial charge in [0.25, 0.3) is 0 Å². The number of carbonyl (C=O) groups is 1. The van der Waals surface area contributed by atoms with Gasteiger partial charge in [-0.1, -0.05) is 43.7 Å². The van der Waals surface area contributed by atoms with E-state index in [1.54, 1.807) is 24.3 Å². The van der Waals surface area contributed by atoms with Crippen LogP contribution in [-0.4, -0.2) is 48.9 Å². The largest absolute Gasteiger partial charge is 0.467 e. The van der Waals surface area contributed by atoms with Crippen molar-refractivity contribution in [1.82, 2.24) is 4.90 Å². The molecule has 0 amide bonds. The van der Waals surface area contributed by atoms with Gasteiger partial charge in [0.05, 0.1) is 13.7 Å². The number of likely N-dealkylation sites (tertiary alicyclic amines) is 1. The number of benzene rings is 1. The molecule has 1 aliphatic heterocycles. The quantitative estimate of drug-likeness (QED) is 0.833. The molecule has 1 atom stereocenters. The van der Waals surface area contributed by atoms with Crippen LogP contribution in [0.1, 0.15) is 37.9 Å². The Morgan fingerprint density at radius 3 is 2.28 bits per heavy atom. The highest BCUT2D eigenvalue weighted by molar-refractivity contribution is 5.75. The molecule has 25 heavy (non-hydrogen) atoms. The topological polar surface area (TPSA) is 49.8 Å². The molecule has 1 aromatic rings. The van der Waals surface area contributed by atoms with Crippen molar-refractivity contribution in [2.24, 2.45) is 5.92 Å². The third kappa shape index (κ3) is 8.36. The van der Waals surface area contributed by atoms with Gasteiger partial charge in [-0.3, -0.25) is 4.90 Å². The maximum absolute atomic E-state index is 12.0. The van der Waals surface area contributed by atoms with Gasteiger partial charge in [0.1, 0.15) is 0 Å². The van der Waals surface area contributed by atoms with Gasteiger partial charge in [-0.25, -0.2) is 4.79 Å². The fourth-order valence-corrected chi connectivity index (χ4v) is 2.69. The Labute approximate surface area is 146 Å². The van der Waals surface area contributed by atoms with E-state index in [1.807, 2.05) is 6.07 Å². The summed E-state index contributed by atoms with van der Waals surface area (Å²) in [6.07, 6.45) is -2.26. The van der Waals surface area contributed by atoms with Crippen LogP contribution in [0.5, 0.6) is 0 Å². The van der Waals surface area contributed by atoms with E-state index in [0.717, 1.165) is 19.3 Å². The van der Waals surface area contributed by atoms with Crippen LogP contribution < -0.4 is 0 Å². The van der Waals surface area contributed by atoms with Crippen molar-refractivity contribution in [1.29, 1.82) is 0 Å². The summed E-state index contributed by atoms with van der Waals surface area (Å²) < 4.78 is 40.3. The summed E-state index contributed by atoms with van der Waals surface area (Å²) in [7, 11) is 1.24. The zero-order valence-corrected chi connectivity index (χ0v) is 14.6. The first-order chi connectivity index (χ1) is 11.8. The van der Waals surface area contributed by atoms with Gasteiger partial charge in [-0.15, -0.1) is 0 Å². The van der Waals surface area contributed by atoms with Crippen LogP contribution in [0, 0.1) is 5.92 Å². The monoisotopic (exact) mass is 361 g/mol.